The number of aliphatic hydroxyl groups excluding tert-OH is 1. The average Bonchev–Trinajstić information content (AvgIpc) is 2.47. The molecule has 1 aromatic carbocycles. The third-order valence-corrected chi connectivity index (χ3v) is 5.47. The molecule has 2 bridgehead atoms. The van der Waals surface area contributed by atoms with Crippen LogP contribution in [-0.4, -0.2) is 34.6 Å². The van der Waals surface area contributed by atoms with E-state index in [-0.39, 0.29) is 18.1 Å². The number of nitrogens with zero attached hydrogens (tertiary/aromatic N) is 1. The number of halogens is 2. The van der Waals surface area contributed by atoms with Crippen molar-refractivity contribution in [3.63, 3.8) is 0 Å². The van der Waals surface area contributed by atoms with Crippen LogP contribution in [0.15, 0.2) is 18.2 Å². The maximum absolute atomic E-state index is 12.5. The summed E-state index contributed by atoms with van der Waals surface area (Å²) in [5.74, 6) is 0.741. The van der Waals surface area contributed by atoms with Crippen LogP contribution in [0.1, 0.15) is 31.2 Å². The number of amides is 1. The molecule has 3 rings (SSSR count). The fraction of sp³-hybridized carbons (Fsp3) is 0.562. The Morgan fingerprint density at radius 2 is 2.05 bits per heavy atom. The minimum Gasteiger partial charge on any atom is -0.391 e. The number of hydrogen-bond acceptors (Lipinski definition) is 2. The van der Waals surface area contributed by atoms with Crippen LogP contribution in [-0.2, 0) is 11.2 Å². The maximum Gasteiger partial charge on any atom is 0.227 e. The van der Waals surface area contributed by atoms with Gasteiger partial charge in [0.05, 0.1) is 28.6 Å². The first-order valence-electron chi connectivity index (χ1n) is 7.46. The van der Waals surface area contributed by atoms with Gasteiger partial charge >= 0.3 is 0 Å². The second kappa shape index (κ2) is 6.15. The van der Waals surface area contributed by atoms with Gasteiger partial charge in [-0.2, -0.15) is 0 Å². The van der Waals surface area contributed by atoms with Crippen LogP contribution in [0.2, 0.25) is 10.0 Å². The monoisotopic (exact) mass is 327 g/mol. The Kier molecular flexibility index (Phi) is 4.43. The van der Waals surface area contributed by atoms with Crippen molar-refractivity contribution in [1.29, 1.82) is 0 Å². The Morgan fingerprint density at radius 1 is 1.24 bits per heavy atom. The molecule has 1 aliphatic carbocycles. The van der Waals surface area contributed by atoms with E-state index in [1.807, 2.05) is 11.0 Å². The first-order valence-corrected chi connectivity index (χ1v) is 8.21. The number of likely N-dealkylation sites (tertiary alicyclic amines) is 1. The molecule has 21 heavy (non-hydrogen) atoms. The van der Waals surface area contributed by atoms with Crippen molar-refractivity contribution in [3.05, 3.63) is 33.8 Å². The fourth-order valence-corrected chi connectivity index (χ4v) is 3.86. The van der Waals surface area contributed by atoms with Gasteiger partial charge in [-0.1, -0.05) is 29.3 Å². The van der Waals surface area contributed by atoms with Crippen molar-refractivity contribution in [3.8, 4) is 0 Å². The molecule has 0 unspecified atom stereocenters. The number of aliphatic hydroxyl groups is 1. The lowest BCUT2D eigenvalue weighted by molar-refractivity contribution is -0.140. The number of hydrogen-bond donors (Lipinski definition) is 1. The number of benzene rings is 1. The lowest BCUT2D eigenvalue weighted by Gasteiger charge is -2.45. The minimum absolute atomic E-state index is 0.00669. The molecule has 1 aromatic rings. The molecule has 1 aliphatic heterocycles. The maximum atomic E-state index is 12.5. The van der Waals surface area contributed by atoms with E-state index in [4.69, 9.17) is 23.2 Å². The van der Waals surface area contributed by atoms with Crippen LogP contribution in [0.5, 0.6) is 0 Å². The molecule has 0 aromatic heterocycles. The van der Waals surface area contributed by atoms with E-state index in [1.54, 1.807) is 12.1 Å². The molecule has 2 fully saturated rings. The van der Waals surface area contributed by atoms with E-state index in [0.29, 0.717) is 22.4 Å². The Morgan fingerprint density at radius 3 is 2.81 bits per heavy atom. The standard InChI is InChI=1S/C16H19Cl2NO2/c17-12-3-1-11(7-13(12)18)9-16(21)19-6-5-10-2-4-15(20)14(19)8-10/h1,3,7,10,14-15,20H,2,4-6,8-9H2/t10-,14+,15+/m0/s1. The Hall–Kier alpha value is -0.770. The highest BCUT2D eigenvalue weighted by Crippen LogP contribution is 2.35. The Labute approximate surface area is 134 Å². The van der Waals surface area contributed by atoms with Crippen molar-refractivity contribution >= 4 is 29.1 Å². The van der Waals surface area contributed by atoms with Gasteiger partial charge in [-0.25, -0.2) is 0 Å². The first-order chi connectivity index (χ1) is 10.0. The van der Waals surface area contributed by atoms with Gasteiger partial charge in [-0.05, 0) is 49.3 Å². The molecule has 1 saturated heterocycles. The molecule has 2 aliphatic rings. The molecule has 0 radical (unpaired) electrons. The number of carbonyl (C=O) groups is 1. The first kappa shape index (κ1) is 15.1. The van der Waals surface area contributed by atoms with Crippen molar-refractivity contribution in [2.24, 2.45) is 5.92 Å². The summed E-state index contributed by atoms with van der Waals surface area (Å²) in [6.45, 7) is 0.756. The molecule has 1 amide bonds. The lowest BCUT2D eigenvalue weighted by Crippen LogP contribution is -2.54. The third-order valence-electron chi connectivity index (χ3n) is 4.73. The largest absolute Gasteiger partial charge is 0.391 e. The molecule has 3 atom stereocenters. The van der Waals surface area contributed by atoms with Gasteiger partial charge in [0.25, 0.3) is 0 Å². The van der Waals surface area contributed by atoms with Gasteiger partial charge < -0.3 is 10.0 Å². The number of carbonyl (C=O) groups excluding carboxylic acids is 1. The summed E-state index contributed by atoms with van der Waals surface area (Å²) in [6, 6.07) is 5.28. The zero-order chi connectivity index (χ0) is 15.0. The summed E-state index contributed by atoms with van der Waals surface area (Å²) in [4.78, 5) is 14.4. The normalized spacial score (nSPS) is 28.5. The second-order valence-electron chi connectivity index (χ2n) is 6.11. The van der Waals surface area contributed by atoms with E-state index in [9.17, 15) is 9.90 Å². The van der Waals surface area contributed by atoms with Gasteiger partial charge in [-0.15, -0.1) is 0 Å². The van der Waals surface area contributed by atoms with Crippen molar-refractivity contribution in [2.75, 3.05) is 6.54 Å². The number of fused-ring (bicyclic) bond motifs is 2. The summed E-state index contributed by atoms with van der Waals surface area (Å²) in [5.41, 5.74) is 0.863. The molecule has 3 nitrogen and oxygen atoms in total. The van der Waals surface area contributed by atoms with Crippen LogP contribution >= 0.6 is 23.2 Å². The van der Waals surface area contributed by atoms with Crippen molar-refractivity contribution < 1.29 is 9.90 Å². The quantitative estimate of drug-likeness (QED) is 0.905. The van der Waals surface area contributed by atoms with E-state index >= 15 is 0 Å². The van der Waals surface area contributed by atoms with Crippen molar-refractivity contribution in [1.82, 2.24) is 4.90 Å². The van der Waals surface area contributed by atoms with Crippen LogP contribution in [0.4, 0.5) is 0 Å². The molecule has 0 spiro atoms. The highest BCUT2D eigenvalue weighted by molar-refractivity contribution is 6.42. The number of rotatable bonds is 2. The molecule has 1 saturated carbocycles. The zero-order valence-electron chi connectivity index (χ0n) is 11.8. The topological polar surface area (TPSA) is 40.5 Å². The molecule has 1 N–H and O–H groups in total. The molecule has 1 heterocycles. The van der Waals surface area contributed by atoms with Crippen molar-refractivity contribution in [2.45, 2.75) is 44.2 Å². The molecule has 114 valence electrons. The van der Waals surface area contributed by atoms with E-state index in [2.05, 4.69) is 0 Å². The number of piperidine rings is 1. The SMILES string of the molecule is O=C(Cc1ccc(Cl)c(Cl)c1)N1CC[C@@H]2CC[C@@H](O)[C@H]1C2. The van der Waals surface area contributed by atoms with Crippen LogP contribution in [0.3, 0.4) is 0 Å². The van der Waals surface area contributed by atoms with Gasteiger partial charge in [0.2, 0.25) is 5.91 Å². The van der Waals surface area contributed by atoms with Gasteiger partial charge in [-0.3, -0.25) is 4.79 Å². The summed E-state index contributed by atoms with van der Waals surface area (Å²) >= 11 is 11.9. The highest BCUT2D eigenvalue weighted by Gasteiger charge is 2.39. The van der Waals surface area contributed by atoms with Crippen LogP contribution in [0.25, 0.3) is 0 Å². The Balaban J connectivity index is 1.71. The Bertz CT molecular complexity index is 549. The average molecular weight is 328 g/mol. The zero-order valence-corrected chi connectivity index (χ0v) is 13.3. The van der Waals surface area contributed by atoms with Gasteiger partial charge in [0.1, 0.15) is 0 Å². The van der Waals surface area contributed by atoms with Gasteiger partial charge in [0, 0.05) is 6.54 Å². The van der Waals surface area contributed by atoms with Gasteiger partial charge in [0.15, 0.2) is 0 Å². The highest BCUT2D eigenvalue weighted by atomic mass is 35.5. The molecule has 5 heteroatoms. The predicted molar refractivity (Wildman–Crippen MR) is 83.6 cm³/mol. The fourth-order valence-electron chi connectivity index (χ4n) is 3.54. The lowest BCUT2D eigenvalue weighted by atomic mass is 9.78. The van der Waals surface area contributed by atoms with E-state index < -0.39 is 0 Å². The summed E-state index contributed by atoms with van der Waals surface area (Å²) in [7, 11) is 0. The second-order valence-corrected chi connectivity index (χ2v) is 6.93. The molecular formula is C16H19Cl2NO2. The minimum atomic E-state index is -0.376. The third kappa shape index (κ3) is 3.20. The smallest absolute Gasteiger partial charge is 0.227 e. The molecular weight excluding hydrogens is 309 g/mol. The predicted octanol–water partition coefficient (Wildman–Crippen LogP) is 3.30. The van der Waals surface area contributed by atoms with Crippen LogP contribution in [0, 0.1) is 5.92 Å². The van der Waals surface area contributed by atoms with E-state index in [1.165, 1.54) is 0 Å². The summed E-state index contributed by atoms with van der Waals surface area (Å²) in [5, 5.41) is 11.1. The van der Waals surface area contributed by atoms with Crippen LogP contribution < -0.4 is 0 Å². The summed E-state index contributed by atoms with van der Waals surface area (Å²) in [6.07, 6.45) is 3.83. The summed E-state index contributed by atoms with van der Waals surface area (Å²) < 4.78 is 0. The van der Waals surface area contributed by atoms with E-state index in [0.717, 1.165) is 37.8 Å².